The topological polar surface area (TPSA) is 59.6 Å². The maximum Gasteiger partial charge on any atom is 0.275 e. The summed E-state index contributed by atoms with van der Waals surface area (Å²) in [5, 5.41) is 0. The Labute approximate surface area is 165 Å². The van der Waals surface area contributed by atoms with E-state index in [4.69, 9.17) is 0 Å². The van der Waals surface area contributed by atoms with Crippen molar-refractivity contribution < 1.29 is 9.18 Å². The minimum atomic E-state index is -0.413. The van der Waals surface area contributed by atoms with Crippen LogP contribution in [-0.4, -0.2) is 31.3 Å². The van der Waals surface area contributed by atoms with Gasteiger partial charge in [0.15, 0.2) is 0 Å². The van der Waals surface area contributed by atoms with Crippen molar-refractivity contribution in [2.45, 2.75) is 25.9 Å². The number of pyridine rings is 1. The number of aryl methyl sites for hydroxylation is 1. The molecule has 0 atom stereocenters. The van der Waals surface area contributed by atoms with Crippen LogP contribution in [0.4, 0.5) is 4.39 Å². The Hall–Kier alpha value is -3.48. The van der Waals surface area contributed by atoms with E-state index in [2.05, 4.69) is 4.98 Å². The second-order valence-electron chi connectivity index (χ2n) is 7.31. The molecule has 146 valence electrons. The van der Waals surface area contributed by atoms with Gasteiger partial charge in [-0.1, -0.05) is 0 Å². The Kier molecular flexibility index (Phi) is 4.16. The Morgan fingerprint density at radius 2 is 2.00 bits per heavy atom. The van der Waals surface area contributed by atoms with Crippen LogP contribution < -0.4 is 5.56 Å². The van der Waals surface area contributed by atoms with Crippen LogP contribution in [0.3, 0.4) is 0 Å². The third kappa shape index (κ3) is 2.99. The van der Waals surface area contributed by atoms with Crippen LogP contribution in [-0.2, 0) is 24.3 Å². The van der Waals surface area contributed by atoms with Crippen LogP contribution in [0.2, 0.25) is 0 Å². The molecule has 4 heterocycles. The van der Waals surface area contributed by atoms with Crippen LogP contribution in [0, 0.1) is 5.82 Å². The van der Waals surface area contributed by atoms with Gasteiger partial charge in [0.1, 0.15) is 11.3 Å². The largest absolute Gasteiger partial charge is 0.338 e. The summed E-state index contributed by atoms with van der Waals surface area (Å²) in [6.07, 6.45) is 6.33. The van der Waals surface area contributed by atoms with Gasteiger partial charge in [-0.05, 0) is 53.9 Å². The second-order valence-corrected chi connectivity index (χ2v) is 7.31. The SMILES string of the molecule is O=C(CCn1c(=O)c2cccn2c2ccc(F)cc21)N1CCc2ccncc2C1. The van der Waals surface area contributed by atoms with Gasteiger partial charge in [0.2, 0.25) is 5.91 Å². The van der Waals surface area contributed by atoms with Crippen molar-refractivity contribution >= 4 is 22.5 Å². The molecule has 4 aromatic rings. The molecule has 1 amide bonds. The van der Waals surface area contributed by atoms with Gasteiger partial charge in [0, 0.05) is 44.6 Å². The first-order chi connectivity index (χ1) is 14.1. The van der Waals surface area contributed by atoms with Gasteiger partial charge in [-0.25, -0.2) is 4.39 Å². The minimum absolute atomic E-state index is 0.0220. The molecular weight excluding hydrogens is 371 g/mol. The fraction of sp³-hybridized carbons (Fsp3) is 0.227. The number of hydrogen-bond donors (Lipinski definition) is 0. The van der Waals surface area contributed by atoms with Crippen molar-refractivity contribution in [2.24, 2.45) is 0 Å². The number of rotatable bonds is 3. The molecule has 0 fully saturated rings. The van der Waals surface area contributed by atoms with Crippen LogP contribution in [0.5, 0.6) is 0 Å². The second kappa shape index (κ2) is 6.84. The highest BCUT2D eigenvalue weighted by Crippen LogP contribution is 2.20. The zero-order valence-electron chi connectivity index (χ0n) is 15.7. The normalized spacial score (nSPS) is 13.8. The number of aromatic nitrogens is 3. The molecule has 5 rings (SSSR count). The molecule has 6 nitrogen and oxygen atoms in total. The van der Waals surface area contributed by atoms with E-state index in [0.717, 1.165) is 17.5 Å². The van der Waals surface area contributed by atoms with E-state index < -0.39 is 5.82 Å². The number of amides is 1. The number of hydrogen-bond acceptors (Lipinski definition) is 3. The highest BCUT2D eigenvalue weighted by molar-refractivity contribution is 5.80. The predicted octanol–water partition coefficient (Wildman–Crippen LogP) is 2.76. The molecular formula is C22H19FN4O2. The number of benzene rings is 1. The summed E-state index contributed by atoms with van der Waals surface area (Å²) in [6, 6.07) is 9.89. The molecule has 7 heteroatoms. The van der Waals surface area contributed by atoms with Gasteiger partial charge in [0.25, 0.3) is 5.56 Å². The first-order valence-corrected chi connectivity index (χ1v) is 9.60. The fourth-order valence-corrected chi connectivity index (χ4v) is 4.11. The molecule has 0 bridgehead atoms. The zero-order chi connectivity index (χ0) is 20.0. The Morgan fingerprint density at radius 3 is 2.90 bits per heavy atom. The lowest BCUT2D eigenvalue weighted by Crippen LogP contribution is -2.37. The van der Waals surface area contributed by atoms with E-state index in [0.29, 0.717) is 24.1 Å². The molecule has 0 N–H and O–H groups in total. The van der Waals surface area contributed by atoms with E-state index in [1.54, 1.807) is 46.1 Å². The van der Waals surface area contributed by atoms with Crippen molar-refractivity contribution in [3.05, 3.63) is 82.3 Å². The van der Waals surface area contributed by atoms with Crippen molar-refractivity contribution in [2.75, 3.05) is 6.54 Å². The van der Waals surface area contributed by atoms with Gasteiger partial charge in [-0.15, -0.1) is 0 Å². The van der Waals surface area contributed by atoms with Crippen molar-refractivity contribution in [3.63, 3.8) is 0 Å². The average Bonchev–Trinajstić information content (AvgIpc) is 3.23. The number of carbonyl (C=O) groups is 1. The van der Waals surface area contributed by atoms with Crippen LogP contribution >= 0.6 is 0 Å². The van der Waals surface area contributed by atoms with Gasteiger partial charge in [-0.2, -0.15) is 0 Å². The standard InChI is InChI=1S/C22H19FN4O2/c23-17-3-4-18-20(12-17)27(22(29)19-2-1-9-26(18)19)11-7-21(28)25-10-6-15-5-8-24-13-16(15)14-25/h1-5,8-9,12-13H,6-7,10-11,14H2. The highest BCUT2D eigenvalue weighted by Gasteiger charge is 2.21. The first kappa shape index (κ1) is 17.6. The summed E-state index contributed by atoms with van der Waals surface area (Å²) in [4.78, 5) is 31.7. The summed E-state index contributed by atoms with van der Waals surface area (Å²) in [5.74, 6) is -0.435. The first-order valence-electron chi connectivity index (χ1n) is 9.60. The quantitative estimate of drug-likeness (QED) is 0.541. The van der Waals surface area contributed by atoms with Crippen LogP contribution in [0.15, 0.2) is 59.8 Å². The number of fused-ring (bicyclic) bond motifs is 4. The molecule has 3 aromatic heterocycles. The van der Waals surface area contributed by atoms with E-state index in [-0.39, 0.29) is 24.4 Å². The van der Waals surface area contributed by atoms with Gasteiger partial charge >= 0.3 is 0 Å². The monoisotopic (exact) mass is 390 g/mol. The summed E-state index contributed by atoms with van der Waals surface area (Å²) >= 11 is 0. The summed E-state index contributed by atoms with van der Waals surface area (Å²) in [7, 11) is 0. The maximum absolute atomic E-state index is 13.9. The van der Waals surface area contributed by atoms with Crippen LogP contribution in [0.25, 0.3) is 16.6 Å². The summed E-state index contributed by atoms with van der Waals surface area (Å²) in [6.45, 7) is 1.39. The molecule has 1 aromatic carbocycles. The molecule has 0 aliphatic carbocycles. The summed E-state index contributed by atoms with van der Waals surface area (Å²) < 4.78 is 17.2. The van der Waals surface area contributed by atoms with Crippen LogP contribution in [0.1, 0.15) is 17.5 Å². The minimum Gasteiger partial charge on any atom is -0.338 e. The predicted molar refractivity (Wildman–Crippen MR) is 107 cm³/mol. The van der Waals surface area contributed by atoms with Gasteiger partial charge in [-0.3, -0.25) is 14.6 Å². The molecule has 1 aliphatic heterocycles. The third-order valence-corrected chi connectivity index (χ3v) is 5.62. The maximum atomic E-state index is 13.9. The Balaban J connectivity index is 1.44. The molecule has 0 spiro atoms. The molecule has 0 radical (unpaired) electrons. The highest BCUT2D eigenvalue weighted by atomic mass is 19.1. The van der Waals surface area contributed by atoms with Crippen molar-refractivity contribution in [1.82, 2.24) is 18.9 Å². The number of halogens is 1. The lowest BCUT2D eigenvalue weighted by atomic mass is 10.0. The fourth-order valence-electron chi connectivity index (χ4n) is 4.11. The summed E-state index contributed by atoms with van der Waals surface area (Å²) in [5.41, 5.74) is 3.78. The Bertz CT molecular complexity index is 1310. The van der Waals surface area contributed by atoms with Gasteiger partial charge in [0.05, 0.1) is 11.0 Å². The van der Waals surface area contributed by atoms with Crippen molar-refractivity contribution in [1.29, 1.82) is 0 Å². The smallest absolute Gasteiger partial charge is 0.275 e. The van der Waals surface area contributed by atoms with Gasteiger partial charge < -0.3 is 13.9 Å². The molecule has 0 saturated carbocycles. The Morgan fingerprint density at radius 1 is 1.10 bits per heavy atom. The average molecular weight is 390 g/mol. The molecule has 0 saturated heterocycles. The van der Waals surface area contributed by atoms with E-state index >= 15 is 0 Å². The van der Waals surface area contributed by atoms with E-state index in [1.165, 1.54) is 22.3 Å². The zero-order valence-corrected chi connectivity index (χ0v) is 15.7. The number of nitrogens with zero attached hydrogens (tertiary/aromatic N) is 4. The lowest BCUT2D eigenvalue weighted by Gasteiger charge is -2.28. The molecule has 1 aliphatic rings. The number of carbonyl (C=O) groups excluding carboxylic acids is 1. The van der Waals surface area contributed by atoms with E-state index in [9.17, 15) is 14.0 Å². The van der Waals surface area contributed by atoms with Crippen molar-refractivity contribution in [3.8, 4) is 0 Å². The third-order valence-electron chi connectivity index (χ3n) is 5.62. The molecule has 29 heavy (non-hydrogen) atoms. The van der Waals surface area contributed by atoms with E-state index in [1.807, 2.05) is 6.07 Å². The molecule has 0 unspecified atom stereocenters. The lowest BCUT2D eigenvalue weighted by molar-refractivity contribution is -0.132.